The van der Waals surface area contributed by atoms with Gasteiger partial charge in [0, 0.05) is 30.6 Å². The fourth-order valence-corrected chi connectivity index (χ4v) is 5.56. The first-order valence-electron chi connectivity index (χ1n) is 7.81. The lowest BCUT2D eigenvalue weighted by molar-refractivity contribution is 0.0929. The van der Waals surface area contributed by atoms with Crippen LogP contribution >= 0.6 is 11.3 Å². The van der Waals surface area contributed by atoms with Crippen LogP contribution in [0, 0.1) is 0 Å². The van der Waals surface area contributed by atoms with Crippen molar-refractivity contribution in [1.82, 2.24) is 19.6 Å². The van der Waals surface area contributed by atoms with Crippen molar-refractivity contribution in [1.29, 1.82) is 0 Å². The van der Waals surface area contributed by atoms with E-state index in [4.69, 9.17) is 0 Å². The molecule has 2 aromatic rings. The number of nitrogens with zero attached hydrogens (tertiary/aromatic N) is 2. The number of carbonyl (C=O) groups is 1. The molecule has 1 fully saturated rings. The van der Waals surface area contributed by atoms with Crippen molar-refractivity contribution in [3.63, 3.8) is 0 Å². The molecule has 1 saturated carbocycles. The molecule has 1 unspecified atom stereocenters. The quantitative estimate of drug-likeness (QED) is 0.818. The summed E-state index contributed by atoms with van der Waals surface area (Å²) in [4.78, 5) is 32.3. The highest BCUT2D eigenvalue weighted by Gasteiger charge is 2.37. The highest BCUT2D eigenvalue weighted by atomic mass is 32.2. The molecule has 2 N–H and O–H groups in total. The van der Waals surface area contributed by atoms with E-state index in [0.29, 0.717) is 10.7 Å². The monoisotopic (exact) mass is 380 g/mol. The highest BCUT2D eigenvalue weighted by molar-refractivity contribution is 7.89. The Balaban J connectivity index is 1.60. The van der Waals surface area contributed by atoms with Crippen molar-refractivity contribution in [2.75, 3.05) is 13.6 Å². The Labute approximate surface area is 148 Å². The third-order valence-corrected chi connectivity index (χ3v) is 7.48. The molecule has 0 saturated heterocycles. The topological polar surface area (TPSA) is 112 Å². The Kier molecular flexibility index (Phi) is 3.78. The van der Waals surface area contributed by atoms with E-state index >= 15 is 0 Å². The molecule has 8 nitrogen and oxygen atoms in total. The second kappa shape index (κ2) is 5.75. The molecule has 3 heterocycles. The first-order valence-corrected chi connectivity index (χ1v) is 10.1. The van der Waals surface area contributed by atoms with Gasteiger partial charge in [0.15, 0.2) is 0 Å². The van der Waals surface area contributed by atoms with Crippen LogP contribution in [0.2, 0.25) is 0 Å². The lowest BCUT2D eigenvalue weighted by Crippen LogP contribution is -2.43. The lowest BCUT2D eigenvalue weighted by atomic mass is 10.2. The Morgan fingerprint density at radius 2 is 2.20 bits per heavy atom. The number of fused-ring (bicyclic) bond motifs is 1. The number of rotatable bonds is 3. The van der Waals surface area contributed by atoms with Crippen LogP contribution in [0.5, 0.6) is 0 Å². The summed E-state index contributed by atoms with van der Waals surface area (Å²) < 4.78 is 25.8. The molecule has 25 heavy (non-hydrogen) atoms. The first-order chi connectivity index (χ1) is 11.9. The number of H-pyrrole nitrogens is 1. The van der Waals surface area contributed by atoms with Gasteiger partial charge in [-0.3, -0.25) is 9.59 Å². The van der Waals surface area contributed by atoms with E-state index in [-0.39, 0.29) is 22.9 Å². The number of hydrogen-bond acceptors (Lipinski definition) is 6. The van der Waals surface area contributed by atoms with Crippen molar-refractivity contribution in [3.05, 3.63) is 44.3 Å². The van der Waals surface area contributed by atoms with E-state index < -0.39 is 27.5 Å². The van der Waals surface area contributed by atoms with E-state index in [1.807, 2.05) is 0 Å². The Hall–Kier alpha value is -2.04. The molecule has 1 amide bonds. The molecule has 0 aromatic carbocycles. The van der Waals surface area contributed by atoms with Crippen LogP contribution in [0.3, 0.4) is 0 Å². The van der Waals surface area contributed by atoms with Crippen LogP contribution in [-0.4, -0.2) is 42.2 Å². The van der Waals surface area contributed by atoms with Gasteiger partial charge in [-0.05, 0) is 24.3 Å². The summed E-state index contributed by atoms with van der Waals surface area (Å²) >= 11 is 1.27. The van der Waals surface area contributed by atoms with E-state index in [1.54, 1.807) is 5.38 Å². The van der Waals surface area contributed by atoms with Crippen LogP contribution < -0.4 is 10.9 Å². The summed E-state index contributed by atoms with van der Waals surface area (Å²) in [6, 6.07) is 1.03. The second-order valence-electron chi connectivity index (χ2n) is 6.25. The maximum atomic E-state index is 12.5. The maximum Gasteiger partial charge on any atom is 0.263 e. The summed E-state index contributed by atoms with van der Waals surface area (Å²) in [6.07, 6.45) is 3.29. The van der Waals surface area contributed by atoms with E-state index in [9.17, 15) is 18.0 Å². The van der Waals surface area contributed by atoms with E-state index in [0.717, 1.165) is 12.8 Å². The van der Waals surface area contributed by atoms with Crippen LogP contribution in [0.4, 0.5) is 0 Å². The summed E-state index contributed by atoms with van der Waals surface area (Å²) in [5.41, 5.74) is -0.545. The molecule has 1 atom stereocenters. The Bertz CT molecular complexity index is 1010. The van der Waals surface area contributed by atoms with Gasteiger partial charge in [0.05, 0.1) is 10.9 Å². The molecule has 10 heteroatoms. The van der Waals surface area contributed by atoms with E-state index in [2.05, 4.69) is 15.3 Å². The number of carbonyl (C=O) groups excluding carboxylic acids is 1. The average Bonchev–Trinajstić information content (AvgIpc) is 3.28. The van der Waals surface area contributed by atoms with Crippen LogP contribution in [0.15, 0.2) is 27.3 Å². The highest BCUT2D eigenvalue weighted by Crippen LogP contribution is 2.37. The minimum atomic E-state index is -3.51. The first kappa shape index (κ1) is 16.4. The fourth-order valence-electron chi connectivity index (χ4n) is 2.86. The number of sulfonamides is 1. The zero-order valence-corrected chi connectivity index (χ0v) is 15.0. The SMILES string of the molecule is CN1CC(NC(=O)c2cnc(C3CC3)[nH]c2=O)c2sccc2S1(=O)=O. The maximum absolute atomic E-state index is 12.5. The minimum absolute atomic E-state index is 0.0708. The van der Waals surface area contributed by atoms with Crippen molar-refractivity contribution in [2.24, 2.45) is 0 Å². The van der Waals surface area contributed by atoms with Crippen molar-refractivity contribution in [3.8, 4) is 0 Å². The normalized spacial score (nSPS) is 22.4. The summed E-state index contributed by atoms with van der Waals surface area (Å²) in [6.45, 7) is 0.118. The summed E-state index contributed by atoms with van der Waals surface area (Å²) in [7, 11) is -2.05. The third-order valence-electron chi connectivity index (χ3n) is 4.43. The fraction of sp³-hybridized carbons (Fsp3) is 0.400. The second-order valence-corrected chi connectivity index (χ2v) is 9.21. The molecule has 4 rings (SSSR count). The van der Waals surface area contributed by atoms with Gasteiger partial charge in [-0.25, -0.2) is 13.4 Å². The molecule has 1 aliphatic heterocycles. The molecular weight excluding hydrogens is 364 g/mol. The summed E-state index contributed by atoms with van der Waals surface area (Å²) in [5, 5.41) is 4.44. The standard InChI is InChI=1S/C15H16N4O4S2/c1-19-7-10(12-11(4-5-24-12)25(19,22)23)17-14(20)9-6-16-13(8-2-3-8)18-15(9)21/h4-6,8,10H,2-3,7H2,1H3,(H,17,20)(H,16,18,21). The van der Waals surface area contributed by atoms with Gasteiger partial charge >= 0.3 is 0 Å². The minimum Gasteiger partial charge on any atom is -0.343 e. The van der Waals surface area contributed by atoms with Gasteiger partial charge in [-0.15, -0.1) is 11.3 Å². The average molecular weight is 380 g/mol. The van der Waals surface area contributed by atoms with E-state index in [1.165, 1.54) is 35.0 Å². The third kappa shape index (κ3) is 2.79. The predicted molar refractivity (Wildman–Crippen MR) is 91.2 cm³/mol. The Morgan fingerprint density at radius 1 is 1.44 bits per heavy atom. The summed E-state index contributed by atoms with van der Waals surface area (Å²) in [5.74, 6) is 0.342. The Morgan fingerprint density at radius 3 is 2.88 bits per heavy atom. The number of aromatic nitrogens is 2. The predicted octanol–water partition coefficient (Wildman–Crippen LogP) is 0.814. The van der Waals surface area contributed by atoms with Gasteiger partial charge in [-0.2, -0.15) is 4.31 Å². The number of likely N-dealkylation sites (N-methyl/N-ethyl adjacent to an activating group) is 1. The van der Waals surface area contributed by atoms with Gasteiger partial charge in [0.25, 0.3) is 11.5 Å². The molecule has 0 bridgehead atoms. The number of hydrogen-bond donors (Lipinski definition) is 2. The number of thiophene rings is 1. The molecule has 1 aliphatic carbocycles. The van der Waals surface area contributed by atoms with Gasteiger partial charge in [0.2, 0.25) is 10.0 Å². The zero-order chi connectivity index (χ0) is 17.8. The smallest absolute Gasteiger partial charge is 0.263 e. The molecule has 2 aliphatic rings. The van der Waals surface area contributed by atoms with Gasteiger partial charge < -0.3 is 10.3 Å². The lowest BCUT2D eigenvalue weighted by Gasteiger charge is -2.29. The number of aromatic amines is 1. The molecule has 0 spiro atoms. The van der Waals surface area contributed by atoms with Gasteiger partial charge in [0.1, 0.15) is 11.4 Å². The van der Waals surface area contributed by atoms with Crippen molar-refractivity contribution < 1.29 is 13.2 Å². The molecule has 0 radical (unpaired) electrons. The van der Waals surface area contributed by atoms with Crippen LogP contribution in [-0.2, 0) is 10.0 Å². The zero-order valence-electron chi connectivity index (χ0n) is 13.4. The number of amides is 1. The molecule has 132 valence electrons. The van der Waals surface area contributed by atoms with Crippen LogP contribution in [0.1, 0.15) is 45.9 Å². The molecular formula is C15H16N4O4S2. The molecule has 2 aromatic heterocycles. The van der Waals surface area contributed by atoms with Crippen molar-refractivity contribution >= 4 is 27.3 Å². The number of nitrogens with one attached hydrogen (secondary N) is 2. The van der Waals surface area contributed by atoms with Gasteiger partial charge in [-0.1, -0.05) is 0 Å². The van der Waals surface area contributed by atoms with Crippen molar-refractivity contribution in [2.45, 2.75) is 29.7 Å². The van der Waals surface area contributed by atoms with Crippen LogP contribution in [0.25, 0.3) is 0 Å². The largest absolute Gasteiger partial charge is 0.343 e.